The van der Waals surface area contributed by atoms with Crippen LogP contribution in [0.2, 0.25) is 0 Å². The van der Waals surface area contributed by atoms with E-state index in [2.05, 4.69) is 6.92 Å². The highest BCUT2D eigenvalue weighted by atomic mass is 16.3. The molecule has 1 rings (SSSR count). The van der Waals surface area contributed by atoms with Gasteiger partial charge in [-0.25, -0.2) is 0 Å². The van der Waals surface area contributed by atoms with Gasteiger partial charge >= 0.3 is 0 Å². The molecule has 0 aliphatic heterocycles. The minimum absolute atomic E-state index is 0.112. The fourth-order valence-corrected chi connectivity index (χ4v) is 2.51. The molecule has 0 fully saturated rings. The van der Waals surface area contributed by atoms with Gasteiger partial charge in [-0.3, -0.25) is 4.79 Å². The Bertz CT molecular complexity index is 492. The predicted molar refractivity (Wildman–Crippen MR) is 94.8 cm³/mol. The van der Waals surface area contributed by atoms with Gasteiger partial charge in [0.2, 0.25) is 0 Å². The number of carbonyl (C=O) groups excluding carboxylic acids is 1. The number of unbranched alkanes of at least 4 members (excludes halogenated alkanes) is 7. The summed E-state index contributed by atoms with van der Waals surface area (Å²) in [4.78, 5) is 11.8. The maximum Gasteiger partial charge on any atom is 0.157 e. The summed E-state index contributed by atoms with van der Waals surface area (Å²) in [6, 6.07) is 4.68. The van der Waals surface area contributed by atoms with Gasteiger partial charge in [-0.15, -0.1) is 0 Å². The van der Waals surface area contributed by atoms with E-state index >= 15 is 0 Å². The molecule has 128 valence electrons. The number of rotatable bonds is 12. The Kier molecular flexibility index (Phi) is 9.85. The highest BCUT2D eigenvalue weighted by molar-refractivity contribution is 5.89. The first-order valence-corrected chi connectivity index (χ1v) is 8.83. The van der Waals surface area contributed by atoms with E-state index in [4.69, 9.17) is 0 Å². The Morgan fingerprint density at radius 3 is 2.39 bits per heavy atom. The second-order valence-electron chi connectivity index (χ2n) is 6.10. The number of allylic oxidation sites excluding steroid dienone is 2. The van der Waals surface area contributed by atoms with Crippen LogP contribution in [0.1, 0.15) is 70.3 Å². The fraction of sp³-hybridized carbons (Fsp3) is 0.550. The highest BCUT2D eigenvalue weighted by Gasteiger charge is 2.03. The summed E-state index contributed by atoms with van der Waals surface area (Å²) in [6.45, 7) is 2.23. The third kappa shape index (κ3) is 9.07. The molecule has 0 amide bonds. The summed E-state index contributed by atoms with van der Waals surface area (Å²) in [7, 11) is 0. The maximum absolute atomic E-state index is 11.8. The van der Waals surface area contributed by atoms with E-state index in [1.165, 1.54) is 50.7 Å². The maximum atomic E-state index is 11.8. The van der Waals surface area contributed by atoms with Crippen LogP contribution >= 0.6 is 0 Å². The van der Waals surface area contributed by atoms with Crippen LogP contribution < -0.4 is 0 Å². The minimum atomic E-state index is -0.135. The lowest BCUT2D eigenvalue weighted by Gasteiger charge is -2.02. The van der Waals surface area contributed by atoms with E-state index in [0.29, 0.717) is 12.8 Å². The van der Waals surface area contributed by atoms with Gasteiger partial charge in [0.15, 0.2) is 17.3 Å². The molecule has 0 saturated heterocycles. The molecule has 0 bridgehead atoms. The van der Waals surface area contributed by atoms with Crippen molar-refractivity contribution in [3.05, 3.63) is 35.9 Å². The normalized spacial score (nSPS) is 11.2. The molecule has 3 heteroatoms. The van der Waals surface area contributed by atoms with Gasteiger partial charge in [0.05, 0.1) is 0 Å². The predicted octanol–water partition coefficient (Wildman–Crippen LogP) is 5.30. The largest absolute Gasteiger partial charge is 0.504 e. The summed E-state index contributed by atoms with van der Waals surface area (Å²) in [6.07, 6.45) is 14.6. The van der Waals surface area contributed by atoms with Crippen molar-refractivity contribution in [2.45, 2.75) is 71.1 Å². The molecule has 0 saturated carbocycles. The van der Waals surface area contributed by atoms with Gasteiger partial charge in [0, 0.05) is 6.42 Å². The van der Waals surface area contributed by atoms with Crippen molar-refractivity contribution in [1.82, 2.24) is 0 Å². The quantitative estimate of drug-likeness (QED) is 0.312. The van der Waals surface area contributed by atoms with Gasteiger partial charge in [0.25, 0.3) is 0 Å². The molecule has 0 unspecified atom stereocenters. The van der Waals surface area contributed by atoms with Gasteiger partial charge in [-0.1, -0.05) is 57.6 Å². The van der Waals surface area contributed by atoms with Crippen molar-refractivity contribution < 1.29 is 15.0 Å². The molecule has 3 nitrogen and oxygen atoms in total. The third-order valence-electron chi connectivity index (χ3n) is 3.98. The first-order chi connectivity index (χ1) is 11.1. The van der Waals surface area contributed by atoms with Crippen LogP contribution in [-0.4, -0.2) is 16.0 Å². The molecule has 0 atom stereocenters. The van der Waals surface area contributed by atoms with Crippen LogP contribution in [0.3, 0.4) is 0 Å². The average molecular weight is 318 g/mol. The van der Waals surface area contributed by atoms with E-state index in [9.17, 15) is 15.0 Å². The first-order valence-electron chi connectivity index (χ1n) is 8.83. The van der Waals surface area contributed by atoms with E-state index < -0.39 is 0 Å². The molecule has 23 heavy (non-hydrogen) atoms. The second-order valence-corrected chi connectivity index (χ2v) is 6.10. The van der Waals surface area contributed by atoms with Crippen LogP contribution in [0.15, 0.2) is 30.4 Å². The van der Waals surface area contributed by atoms with Crippen molar-refractivity contribution in [3.8, 4) is 11.5 Å². The summed E-state index contributed by atoms with van der Waals surface area (Å²) in [5.41, 5.74) is 0.856. The second kappa shape index (κ2) is 11.8. The summed E-state index contributed by atoms with van der Waals surface area (Å²) in [5, 5.41) is 18.6. The zero-order valence-electron chi connectivity index (χ0n) is 14.3. The Morgan fingerprint density at radius 1 is 1.00 bits per heavy atom. The van der Waals surface area contributed by atoms with Crippen LogP contribution in [0.4, 0.5) is 0 Å². The lowest BCUT2D eigenvalue weighted by atomic mass is 10.1. The monoisotopic (exact) mass is 318 g/mol. The molecule has 0 aliphatic carbocycles. The highest BCUT2D eigenvalue weighted by Crippen LogP contribution is 2.25. The van der Waals surface area contributed by atoms with Gasteiger partial charge in [-0.2, -0.15) is 0 Å². The van der Waals surface area contributed by atoms with Crippen molar-refractivity contribution >= 4 is 5.78 Å². The molecular weight excluding hydrogens is 288 g/mol. The van der Waals surface area contributed by atoms with E-state index in [1.807, 2.05) is 6.08 Å². The van der Waals surface area contributed by atoms with Crippen molar-refractivity contribution in [1.29, 1.82) is 0 Å². The topological polar surface area (TPSA) is 57.5 Å². The summed E-state index contributed by atoms with van der Waals surface area (Å²) in [5.74, 6) is -0.153. The third-order valence-corrected chi connectivity index (χ3v) is 3.98. The van der Waals surface area contributed by atoms with E-state index in [0.717, 1.165) is 18.4 Å². The zero-order chi connectivity index (χ0) is 16.9. The summed E-state index contributed by atoms with van der Waals surface area (Å²) >= 11 is 0. The lowest BCUT2D eigenvalue weighted by Crippen LogP contribution is -1.96. The average Bonchev–Trinajstić information content (AvgIpc) is 2.54. The van der Waals surface area contributed by atoms with Gasteiger partial charge in [-0.05, 0) is 43.0 Å². The first kappa shape index (κ1) is 19.3. The molecule has 0 radical (unpaired) electrons. The molecule has 0 aromatic heterocycles. The molecule has 1 aromatic rings. The van der Waals surface area contributed by atoms with Crippen molar-refractivity contribution in [3.63, 3.8) is 0 Å². The Morgan fingerprint density at radius 2 is 1.70 bits per heavy atom. The lowest BCUT2D eigenvalue weighted by molar-refractivity contribution is -0.114. The number of aryl methyl sites for hydroxylation is 1. The number of phenolic OH excluding ortho intramolecular Hbond substituents is 2. The Labute approximate surface area is 140 Å². The Balaban J connectivity index is 2.10. The van der Waals surface area contributed by atoms with E-state index in [-0.39, 0.29) is 17.3 Å². The van der Waals surface area contributed by atoms with Crippen molar-refractivity contribution in [2.75, 3.05) is 0 Å². The number of benzene rings is 1. The van der Waals surface area contributed by atoms with Crippen LogP contribution in [0.25, 0.3) is 0 Å². The van der Waals surface area contributed by atoms with E-state index in [1.54, 1.807) is 12.1 Å². The number of hydrogen-bond donors (Lipinski definition) is 2. The fourth-order valence-electron chi connectivity index (χ4n) is 2.51. The molecule has 0 aliphatic rings. The molecule has 2 N–H and O–H groups in total. The number of hydrogen-bond acceptors (Lipinski definition) is 3. The smallest absolute Gasteiger partial charge is 0.157 e. The number of ketones is 1. The zero-order valence-corrected chi connectivity index (χ0v) is 14.3. The summed E-state index contributed by atoms with van der Waals surface area (Å²) < 4.78 is 0. The van der Waals surface area contributed by atoms with Crippen LogP contribution in [0, 0.1) is 0 Å². The van der Waals surface area contributed by atoms with Crippen molar-refractivity contribution in [2.24, 2.45) is 0 Å². The van der Waals surface area contributed by atoms with Gasteiger partial charge in [0.1, 0.15) is 0 Å². The molecular formula is C20H30O3. The SMILES string of the molecule is CCCCCCCCCC=CC(=O)CCc1ccc(O)c(O)c1. The number of phenols is 2. The molecule has 0 spiro atoms. The van der Waals surface area contributed by atoms with Gasteiger partial charge < -0.3 is 10.2 Å². The number of aromatic hydroxyl groups is 2. The standard InChI is InChI=1S/C20H30O3/c1-2-3-4-5-6-7-8-9-10-11-18(21)14-12-17-13-15-19(22)20(23)16-17/h10-11,13,15-16,22-23H,2-9,12,14H2,1H3. The van der Waals surface area contributed by atoms with Crippen LogP contribution in [-0.2, 0) is 11.2 Å². The van der Waals surface area contributed by atoms with Crippen LogP contribution in [0.5, 0.6) is 11.5 Å². The molecule has 0 heterocycles. The Hall–Kier alpha value is -1.77. The minimum Gasteiger partial charge on any atom is -0.504 e. The molecule has 1 aromatic carbocycles. The number of carbonyl (C=O) groups is 1.